The number of pyridine rings is 1. The highest BCUT2D eigenvalue weighted by Crippen LogP contribution is 2.21. The third-order valence-corrected chi connectivity index (χ3v) is 2.82. The molecular formula is C13H22N4O2. The summed E-state index contributed by atoms with van der Waals surface area (Å²) >= 11 is 0. The lowest BCUT2D eigenvalue weighted by Crippen LogP contribution is -2.39. The molecule has 0 radical (unpaired) electrons. The van der Waals surface area contributed by atoms with Gasteiger partial charge in [0.2, 0.25) is 0 Å². The lowest BCUT2D eigenvalue weighted by atomic mass is 10.1. The van der Waals surface area contributed by atoms with Crippen LogP contribution in [-0.2, 0) is 4.74 Å². The largest absolute Gasteiger partial charge is 0.383 e. The summed E-state index contributed by atoms with van der Waals surface area (Å²) in [4.78, 5) is 17.8. The van der Waals surface area contributed by atoms with E-state index in [-0.39, 0.29) is 6.04 Å². The smallest absolute Gasteiger partial charge is 0.252 e. The number of aryl methyl sites for hydroxylation is 2. The van der Waals surface area contributed by atoms with Crippen LogP contribution < -0.4 is 16.4 Å². The van der Waals surface area contributed by atoms with E-state index in [0.717, 1.165) is 11.3 Å². The second kappa shape index (κ2) is 6.49. The Morgan fingerprint density at radius 1 is 1.53 bits per heavy atom. The number of aromatic nitrogens is 1. The Balaban J connectivity index is 3.07. The zero-order valence-corrected chi connectivity index (χ0v) is 11.9. The van der Waals surface area contributed by atoms with Gasteiger partial charge in [0.15, 0.2) is 0 Å². The maximum atomic E-state index is 11.6. The highest BCUT2D eigenvalue weighted by molar-refractivity contribution is 5.99. The Morgan fingerprint density at radius 3 is 2.68 bits per heavy atom. The monoisotopic (exact) mass is 266 g/mol. The van der Waals surface area contributed by atoms with Gasteiger partial charge < -0.3 is 21.1 Å². The van der Waals surface area contributed by atoms with Crippen molar-refractivity contribution >= 4 is 11.7 Å². The first kappa shape index (κ1) is 15.4. The molecule has 1 unspecified atom stereocenters. The number of nitrogens with zero attached hydrogens (tertiary/aromatic N) is 2. The number of rotatable bonds is 6. The van der Waals surface area contributed by atoms with Gasteiger partial charge in [-0.25, -0.2) is 4.98 Å². The van der Waals surface area contributed by atoms with E-state index >= 15 is 0 Å². The first-order chi connectivity index (χ1) is 8.86. The molecule has 0 aromatic carbocycles. The van der Waals surface area contributed by atoms with Crippen molar-refractivity contribution in [2.45, 2.75) is 19.9 Å². The van der Waals surface area contributed by atoms with Gasteiger partial charge in [0, 0.05) is 32.4 Å². The van der Waals surface area contributed by atoms with Crippen LogP contribution in [0.3, 0.4) is 0 Å². The van der Waals surface area contributed by atoms with Crippen LogP contribution in [0.25, 0.3) is 0 Å². The molecule has 0 saturated carbocycles. The molecule has 4 N–H and O–H groups in total. The average Bonchev–Trinajstić information content (AvgIpc) is 2.27. The summed E-state index contributed by atoms with van der Waals surface area (Å²) in [5.41, 5.74) is 13.4. The first-order valence-corrected chi connectivity index (χ1v) is 6.10. The topological polar surface area (TPSA) is 94.5 Å². The fourth-order valence-corrected chi connectivity index (χ4v) is 2.10. The van der Waals surface area contributed by atoms with Crippen molar-refractivity contribution in [1.29, 1.82) is 0 Å². The van der Waals surface area contributed by atoms with Crippen molar-refractivity contribution in [2.24, 2.45) is 11.5 Å². The molecule has 0 spiro atoms. The third-order valence-electron chi connectivity index (χ3n) is 2.82. The Bertz CT molecular complexity index is 462. The van der Waals surface area contributed by atoms with Gasteiger partial charge in [-0.05, 0) is 25.5 Å². The number of ether oxygens (including phenoxy) is 1. The maximum absolute atomic E-state index is 11.6. The van der Waals surface area contributed by atoms with Gasteiger partial charge in [-0.15, -0.1) is 0 Å². The van der Waals surface area contributed by atoms with Gasteiger partial charge in [-0.1, -0.05) is 0 Å². The van der Waals surface area contributed by atoms with Crippen LogP contribution in [0.2, 0.25) is 0 Å². The van der Waals surface area contributed by atoms with Crippen molar-refractivity contribution < 1.29 is 9.53 Å². The molecular weight excluding hydrogens is 244 g/mol. The molecule has 6 heteroatoms. The summed E-state index contributed by atoms with van der Waals surface area (Å²) in [6.45, 7) is 4.70. The van der Waals surface area contributed by atoms with Crippen LogP contribution in [0.15, 0.2) is 6.07 Å². The fraction of sp³-hybridized carbons (Fsp3) is 0.538. The molecule has 1 aromatic heterocycles. The summed E-state index contributed by atoms with van der Waals surface area (Å²) in [6, 6.07) is 1.69. The van der Waals surface area contributed by atoms with Crippen LogP contribution in [0, 0.1) is 13.8 Å². The summed E-state index contributed by atoms with van der Waals surface area (Å²) in [7, 11) is 3.44. The minimum atomic E-state index is -0.479. The second-order valence-electron chi connectivity index (χ2n) is 4.74. The highest BCUT2D eigenvalue weighted by Gasteiger charge is 2.18. The molecule has 0 fully saturated rings. The molecule has 1 rings (SSSR count). The summed E-state index contributed by atoms with van der Waals surface area (Å²) in [5.74, 6) is 0.0868. The number of carbonyl (C=O) groups is 1. The van der Waals surface area contributed by atoms with Crippen LogP contribution >= 0.6 is 0 Å². The Labute approximate surface area is 113 Å². The molecule has 0 aliphatic carbocycles. The number of carbonyl (C=O) groups excluding carboxylic acids is 1. The predicted molar refractivity (Wildman–Crippen MR) is 75.4 cm³/mol. The SMILES string of the molecule is COCC(N)CN(C)c1nc(C)cc(C)c1C(N)=O. The van der Waals surface area contributed by atoms with E-state index in [4.69, 9.17) is 16.2 Å². The Kier molecular flexibility index (Phi) is 5.26. The van der Waals surface area contributed by atoms with Crippen molar-refractivity contribution in [3.8, 4) is 0 Å². The molecule has 1 heterocycles. The second-order valence-corrected chi connectivity index (χ2v) is 4.74. The van der Waals surface area contributed by atoms with Gasteiger partial charge in [0.1, 0.15) is 5.82 Å². The van der Waals surface area contributed by atoms with Crippen molar-refractivity contribution in [1.82, 2.24) is 4.98 Å². The van der Waals surface area contributed by atoms with Crippen LogP contribution in [0.1, 0.15) is 21.6 Å². The molecule has 1 aromatic rings. The molecule has 0 aliphatic heterocycles. The van der Waals surface area contributed by atoms with E-state index in [9.17, 15) is 4.79 Å². The van der Waals surface area contributed by atoms with E-state index < -0.39 is 5.91 Å². The average molecular weight is 266 g/mol. The van der Waals surface area contributed by atoms with E-state index in [0.29, 0.717) is 24.5 Å². The maximum Gasteiger partial charge on any atom is 0.252 e. The molecule has 106 valence electrons. The number of hydrogen-bond acceptors (Lipinski definition) is 5. The standard InChI is InChI=1S/C13H22N4O2/c1-8-5-9(2)16-13(11(8)12(15)18)17(3)6-10(14)7-19-4/h5,10H,6-7,14H2,1-4H3,(H2,15,18). The predicted octanol–water partition coefficient (Wildman–Crippen LogP) is 0.207. The van der Waals surface area contributed by atoms with Gasteiger partial charge in [-0.2, -0.15) is 0 Å². The van der Waals surface area contributed by atoms with Gasteiger partial charge in [0.25, 0.3) is 5.91 Å². The van der Waals surface area contributed by atoms with Gasteiger partial charge >= 0.3 is 0 Å². The zero-order chi connectivity index (χ0) is 14.6. The molecule has 0 aliphatic rings. The number of hydrogen-bond donors (Lipinski definition) is 2. The minimum absolute atomic E-state index is 0.154. The lowest BCUT2D eigenvalue weighted by Gasteiger charge is -2.24. The quantitative estimate of drug-likeness (QED) is 0.767. The third kappa shape index (κ3) is 3.90. The van der Waals surface area contributed by atoms with Crippen molar-refractivity contribution in [3.05, 3.63) is 22.9 Å². The molecule has 1 amide bonds. The lowest BCUT2D eigenvalue weighted by molar-refractivity contribution is 0.1000. The van der Waals surface area contributed by atoms with E-state index in [1.54, 1.807) is 7.11 Å². The van der Waals surface area contributed by atoms with Crippen LogP contribution in [0.4, 0.5) is 5.82 Å². The summed E-state index contributed by atoms with van der Waals surface area (Å²) in [5, 5.41) is 0. The number of methoxy groups -OCH3 is 1. The molecule has 0 saturated heterocycles. The first-order valence-electron chi connectivity index (χ1n) is 6.10. The Hall–Kier alpha value is -1.66. The van der Waals surface area contributed by atoms with Crippen molar-refractivity contribution in [3.63, 3.8) is 0 Å². The molecule has 19 heavy (non-hydrogen) atoms. The summed E-state index contributed by atoms with van der Waals surface area (Å²) in [6.07, 6.45) is 0. The molecule has 6 nitrogen and oxygen atoms in total. The van der Waals surface area contributed by atoms with Crippen molar-refractivity contribution in [2.75, 3.05) is 32.2 Å². The minimum Gasteiger partial charge on any atom is -0.383 e. The zero-order valence-electron chi connectivity index (χ0n) is 11.9. The number of nitrogens with two attached hydrogens (primary N) is 2. The van der Waals surface area contributed by atoms with E-state index in [1.807, 2.05) is 31.9 Å². The molecule has 1 atom stereocenters. The summed E-state index contributed by atoms with van der Waals surface area (Å²) < 4.78 is 5.00. The van der Waals surface area contributed by atoms with Crippen LogP contribution in [-0.4, -0.2) is 44.2 Å². The highest BCUT2D eigenvalue weighted by atomic mass is 16.5. The number of anilines is 1. The number of likely N-dealkylation sites (N-methyl/N-ethyl adjacent to an activating group) is 1. The fourth-order valence-electron chi connectivity index (χ4n) is 2.10. The van der Waals surface area contributed by atoms with Gasteiger partial charge in [-0.3, -0.25) is 4.79 Å². The Morgan fingerprint density at radius 2 is 2.16 bits per heavy atom. The normalized spacial score (nSPS) is 12.3. The van der Waals surface area contributed by atoms with Crippen LogP contribution in [0.5, 0.6) is 0 Å². The number of primary amides is 1. The molecule has 0 bridgehead atoms. The van der Waals surface area contributed by atoms with E-state index in [2.05, 4.69) is 4.98 Å². The number of amides is 1. The van der Waals surface area contributed by atoms with Gasteiger partial charge in [0.05, 0.1) is 12.2 Å². The van der Waals surface area contributed by atoms with E-state index in [1.165, 1.54) is 0 Å².